The normalized spacial score (nSPS) is 14.5. The number of amides is 2. The molecule has 168 valence electrons. The number of hydrogen-bond donors (Lipinski definition) is 2. The molecule has 3 rings (SSSR count). The van der Waals surface area contributed by atoms with Gasteiger partial charge in [-0.2, -0.15) is 5.10 Å². The quantitative estimate of drug-likeness (QED) is 0.395. The third-order valence-electron chi connectivity index (χ3n) is 5.24. The summed E-state index contributed by atoms with van der Waals surface area (Å²) in [4.78, 5) is 28.4. The fraction of sp³-hybridized carbons (Fsp3) is 0.292. The molecule has 2 N–H and O–H groups in total. The molecule has 0 aromatic heterocycles. The number of rotatable bonds is 7. The van der Waals surface area contributed by atoms with Crippen LogP contribution in [0.2, 0.25) is 0 Å². The Bertz CT molecular complexity index is 1010. The predicted octanol–water partition coefficient (Wildman–Crippen LogP) is 2.48. The molecule has 1 heterocycles. The van der Waals surface area contributed by atoms with Crippen molar-refractivity contribution >= 4 is 18.0 Å². The summed E-state index contributed by atoms with van der Waals surface area (Å²) in [6.07, 6.45) is 3.67. The Morgan fingerprint density at radius 3 is 2.53 bits per heavy atom. The fourth-order valence-electron chi connectivity index (χ4n) is 3.59. The van der Waals surface area contributed by atoms with Gasteiger partial charge in [0.1, 0.15) is 11.6 Å². The van der Waals surface area contributed by atoms with Gasteiger partial charge in [-0.3, -0.25) is 14.5 Å². The number of hydrazone groups is 1. The van der Waals surface area contributed by atoms with Crippen molar-refractivity contribution in [2.24, 2.45) is 5.10 Å². The van der Waals surface area contributed by atoms with Gasteiger partial charge in [-0.25, -0.2) is 9.82 Å². The van der Waals surface area contributed by atoms with E-state index in [0.29, 0.717) is 43.7 Å². The summed E-state index contributed by atoms with van der Waals surface area (Å²) in [6.45, 7) is 7.82. The van der Waals surface area contributed by atoms with E-state index in [1.54, 1.807) is 17.0 Å². The number of carbonyl (C=O) groups excluding carboxylic acids is 2. The van der Waals surface area contributed by atoms with E-state index >= 15 is 0 Å². The molecule has 0 saturated carbocycles. The molecule has 2 amide bonds. The van der Waals surface area contributed by atoms with Gasteiger partial charge in [0.05, 0.1) is 12.8 Å². The lowest BCUT2D eigenvalue weighted by Gasteiger charge is -2.34. The molecule has 0 atom stereocenters. The van der Waals surface area contributed by atoms with Crippen LogP contribution in [0.3, 0.4) is 0 Å². The maximum Gasteiger partial charge on any atom is 0.254 e. The van der Waals surface area contributed by atoms with E-state index in [4.69, 9.17) is 0 Å². The number of benzene rings is 2. The summed E-state index contributed by atoms with van der Waals surface area (Å²) in [6, 6.07) is 9.16. The fourth-order valence-corrected chi connectivity index (χ4v) is 3.59. The number of allylic oxidation sites excluding steroid dienone is 1. The first kappa shape index (κ1) is 23.1. The Hall–Kier alpha value is -3.52. The monoisotopic (exact) mass is 438 g/mol. The maximum atomic E-state index is 13.0. The van der Waals surface area contributed by atoms with Crippen molar-refractivity contribution in [1.29, 1.82) is 0 Å². The van der Waals surface area contributed by atoms with Crippen LogP contribution in [0, 0.1) is 12.7 Å². The smallest absolute Gasteiger partial charge is 0.254 e. The van der Waals surface area contributed by atoms with Gasteiger partial charge in [0.2, 0.25) is 0 Å². The number of nitrogens with one attached hydrogen (secondary N) is 1. The van der Waals surface area contributed by atoms with E-state index in [0.717, 1.165) is 11.1 Å². The summed E-state index contributed by atoms with van der Waals surface area (Å²) < 4.78 is 13.0. The largest absolute Gasteiger partial charge is 0.507 e. The van der Waals surface area contributed by atoms with Gasteiger partial charge < -0.3 is 10.0 Å². The van der Waals surface area contributed by atoms with Crippen molar-refractivity contribution in [3.63, 3.8) is 0 Å². The number of phenolic OH excluding ortho intramolecular Hbond substituents is 1. The minimum absolute atomic E-state index is 0.121. The lowest BCUT2D eigenvalue weighted by molar-refractivity contribution is -0.122. The maximum absolute atomic E-state index is 13.0. The standard InChI is InChI=1S/C24H27FN4O3/c1-3-4-19-13-17(2)14-20(23(19)31)15-26-27-22(30)16-28-9-11-29(12-10-28)24(32)18-5-7-21(25)8-6-18/h3,5-8,13-15,31H,1,4,9-12,16H2,2H3,(H,27,30)/b26-15+. The van der Waals surface area contributed by atoms with Crippen LogP contribution in [-0.2, 0) is 11.2 Å². The third kappa shape index (κ3) is 6.01. The molecule has 1 saturated heterocycles. The number of carbonyl (C=O) groups is 2. The predicted molar refractivity (Wildman–Crippen MR) is 121 cm³/mol. The number of aromatic hydroxyl groups is 1. The highest BCUT2D eigenvalue weighted by atomic mass is 19.1. The number of hydrogen-bond acceptors (Lipinski definition) is 5. The zero-order valence-electron chi connectivity index (χ0n) is 18.1. The van der Waals surface area contributed by atoms with Crippen molar-refractivity contribution < 1.29 is 19.1 Å². The first-order valence-electron chi connectivity index (χ1n) is 10.4. The van der Waals surface area contributed by atoms with Crippen LogP contribution >= 0.6 is 0 Å². The Morgan fingerprint density at radius 2 is 1.88 bits per heavy atom. The molecule has 1 aliphatic heterocycles. The van der Waals surface area contributed by atoms with Crippen molar-refractivity contribution in [3.05, 3.63) is 77.1 Å². The Labute approximate surface area is 186 Å². The second-order valence-electron chi connectivity index (χ2n) is 7.72. The van der Waals surface area contributed by atoms with E-state index in [1.807, 2.05) is 17.9 Å². The number of nitrogens with zero attached hydrogens (tertiary/aromatic N) is 3. The number of halogens is 1. The molecule has 2 aromatic carbocycles. The van der Waals surface area contributed by atoms with Crippen molar-refractivity contribution in [2.75, 3.05) is 32.7 Å². The zero-order chi connectivity index (χ0) is 23.1. The summed E-state index contributed by atoms with van der Waals surface area (Å²) in [5.41, 5.74) is 5.18. The molecule has 0 radical (unpaired) electrons. The number of aryl methyl sites for hydroxylation is 1. The number of piperazine rings is 1. The highest BCUT2D eigenvalue weighted by Gasteiger charge is 2.23. The molecule has 1 fully saturated rings. The Kier molecular flexibility index (Phi) is 7.72. The molecule has 8 heteroatoms. The van der Waals surface area contributed by atoms with Gasteiger partial charge in [-0.05, 0) is 54.8 Å². The third-order valence-corrected chi connectivity index (χ3v) is 5.24. The first-order valence-corrected chi connectivity index (χ1v) is 10.4. The molecule has 7 nitrogen and oxygen atoms in total. The van der Waals surface area contributed by atoms with Gasteiger partial charge in [0.25, 0.3) is 11.8 Å². The molecular formula is C24H27FN4O3. The van der Waals surface area contributed by atoms with Crippen molar-refractivity contribution in [3.8, 4) is 5.75 Å². The average molecular weight is 439 g/mol. The van der Waals surface area contributed by atoms with Crippen LogP contribution in [0.1, 0.15) is 27.0 Å². The highest BCUT2D eigenvalue weighted by Crippen LogP contribution is 2.24. The van der Waals surface area contributed by atoms with Gasteiger partial charge in [-0.1, -0.05) is 12.1 Å². The molecule has 0 aliphatic carbocycles. The molecule has 0 spiro atoms. The molecule has 1 aliphatic rings. The van der Waals surface area contributed by atoms with E-state index in [-0.39, 0.29) is 29.9 Å². The minimum atomic E-state index is -0.380. The van der Waals surface area contributed by atoms with Crippen molar-refractivity contribution in [2.45, 2.75) is 13.3 Å². The van der Waals surface area contributed by atoms with Crippen LogP contribution in [0.4, 0.5) is 4.39 Å². The minimum Gasteiger partial charge on any atom is -0.507 e. The Morgan fingerprint density at radius 1 is 1.19 bits per heavy atom. The summed E-state index contributed by atoms with van der Waals surface area (Å²) in [5, 5.41) is 14.3. The van der Waals surface area contributed by atoms with Gasteiger partial charge in [-0.15, -0.1) is 6.58 Å². The van der Waals surface area contributed by atoms with Crippen molar-refractivity contribution in [1.82, 2.24) is 15.2 Å². The first-order chi connectivity index (χ1) is 15.4. The van der Waals surface area contributed by atoms with E-state index < -0.39 is 0 Å². The lowest BCUT2D eigenvalue weighted by Crippen LogP contribution is -2.50. The second-order valence-corrected chi connectivity index (χ2v) is 7.72. The molecule has 0 unspecified atom stereocenters. The number of phenols is 1. The lowest BCUT2D eigenvalue weighted by atomic mass is 10.0. The average Bonchev–Trinajstić information content (AvgIpc) is 2.77. The SMILES string of the molecule is C=CCc1cc(C)cc(/C=N/NC(=O)CN2CCN(C(=O)c3ccc(F)cc3)CC2)c1O. The van der Waals surface area contributed by atoms with Crippen LogP contribution in [0.25, 0.3) is 0 Å². The highest BCUT2D eigenvalue weighted by molar-refractivity contribution is 5.94. The van der Waals surface area contributed by atoms with Crippen LogP contribution < -0.4 is 5.43 Å². The summed E-state index contributed by atoms with van der Waals surface area (Å²) >= 11 is 0. The summed E-state index contributed by atoms with van der Waals surface area (Å²) in [5.74, 6) is -0.684. The van der Waals surface area contributed by atoms with Gasteiger partial charge >= 0.3 is 0 Å². The summed E-state index contributed by atoms with van der Waals surface area (Å²) in [7, 11) is 0. The van der Waals surface area contributed by atoms with Crippen LogP contribution in [0.15, 0.2) is 54.2 Å². The molecule has 2 aromatic rings. The van der Waals surface area contributed by atoms with Crippen LogP contribution in [0.5, 0.6) is 5.75 Å². The van der Waals surface area contributed by atoms with E-state index in [1.165, 1.54) is 30.5 Å². The second kappa shape index (κ2) is 10.7. The molecule has 0 bridgehead atoms. The Balaban J connectivity index is 1.48. The topological polar surface area (TPSA) is 85.2 Å². The molecule has 32 heavy (non-hydrogen) atoms. The molecular weight excluding hydrogens is 411 g/mol. The van der Waals surface area contributed by atoms with E-state index in [9.17, 15) is 19.1 Å². The van der Waals surface area contributed by atoms with Gasteiger partial charge in [0, 0.05) is 37.3 Å². The van der Waals surface area contributed by atoms with Crippen LogP contribution in [-0.4, -0.2) is 65.7 Å². The van der Waals surface area contributed by atoms with Gasteiger partial charge in [0.15, 0.2) is 0 Å². The van der Waals surface area contributed by atoms with E-state index in [2.05, 4.69) is 17.1 Å². The zero-order valence-corrected chi connectivity index (χ0v) is 18.1.